The van der Waals surface area contributed by atoms with Gasteiger partial charge in [0.15, 0.2) is 0 Å². The fourth-order valence-electron chi connectivity index (χ4n) is 1.53. The van der Waals surface area contributed by atoms with Crippen LogP contribution in [0.25, 0.3) is 0 Å². The largest absolute Gasteiger partial charge is 0.398 e. The smallest absolute Gasteiger partial charge is 0.255 e. The molecule has 0 heterocycles. The average Bonchev–Trinajstić information content (AvgIpc) is 2.36. The van der Waals surface area contributed by atoms with Gasteiger partial charge >= 0.3 is 0 Å². The Morgan fingerprint density at radius 1 is 1.05 bits per heavy atom. The van der Waals surface area contributed by atoms with Gasteiger partial charge in [0.1, 0.15) is 0 Å². The van der Waals surface area contributed by atoms with E-state index in [9.17, 15) is 4.79 Å². The van der Waals surface area contributed by atoms with Gasteiger partial charge in [0.05, 0.1) is 26.4 Å². The van der Waals surface area contributed by atoms with Crippen molar-refractivity contribution in [3.8, 4) is 0 Å². The quantitative estimate of drug-likeness (QED) is 0.684. The van der Waals surface area contributed by atoms with Crippen LogP contribution < -0.4 is 11.1 Å². The summed E-state index contributed by atoms with van der Waals surface area (Å²) in [5.74, 6) is -0.375. The summed E-state index contributed by atoms with van der Waals surface area (Å²) in [4.78, 5) is 12.1. The second kappa shape index (κ2) is 6.22. The first-order chi connectivity index (χ1) is 9.38. The van der Waals surface area contributed by atoms with E-state index in [1.807, 2.05) is 0 Å². The van der Waals surface area contributed by atoms with Gasteiger partial charge in [-0.05, 0) is 30.3 Å². The van der Waals surface area contributed by atoms with Crippen LogP contribution in [0.3, 0.4) is 0 Å². The number of nitrogens with two attached hydrogens (primary N) is 1. The van der Waals surface area contributed by atoms with E-state index in [1.165, 1.54) is 6.07 Å². The first kappa shape index (κ1) is 15.4. The molecule has 0 aromatic heterocycles. The fourth-order valence-corrected chi connectivity index (χ4v) is 2.95. The van der Waals surface area contributed by atoms with Gasteiger partial charge in [-0.3, -0.25) is 4.79 Å². The molecule has 3 nitrogen and oxygen atoms in total. The monoisotopic (exact) mass is 392 g/mol. The first-order valence-corrected chi connectivity index (χ1v) is 7.32. The van der Waals surface area contributed by atoms with Gasteiger partial charge in [-0.1, -0.05) is 50.7 Å². The SMILES string of the molecule is Nc1cc(C(=O)Nc2c(Cl)cc(Br)cc2Cl)ccc1Cl. The number of hydrogen-bond acceptors (Lipinski definition) is 2. The van der Waals surface area contributed by atoms with Crippen LogP contribution in [0.15, 0.2) is 34.8 Å². The van der Waals surface area contributed by atoms with Crippen molar-refractivity contribution in [1.82, 2.24) is 0 Å². The van der Waals surface area contributed by atoms with Gasteiger partial charge in [-0.25, -0.2) is 0 Å². The number of benzene rings is 2. The number of amides is 1. The molecule has 0 aliphatic rings. The molecule has 0 spiro atoms. The average molecular weight is 394 g/mol. The standard InChI is InChI=1S/C13H8BrCl3N2O/c14-7-4-9(16)12(10(17)5-7)19-13(20)6-1-2-8(15)11(18)3-6/h1-5H,18H2,(H,19,20). The number of nitrogen functional groups attached to an aromatic ring is 1. The highest BCUT2D eigenvalue weighted by atomic mass is 79.9. The zero-order valence-electron chi connectivity index (χ0n) is 9.88. The molecule has 104 valence electrons. The van der Waals surface area contributed by atoms with Crippen molar-refractivity contribution in [2.75, 3.05) is 11.1 Å². The summed E-state index contributed by atoms with van der Waals surface area (Å²) < 4.78 is 0.723. The summed E-state index contributed by atoms with van der Waals surface area (Å²) in [7, 11) is 0. The topological polar surface area (TPSA) is 55.1 Å². The summed E-state index contributed by atoms with van der Waals surface area (Å²) in [6.07, 6.45) is 0. The lowest BCUT2D eigenvalue weighted by atomic mass is 10.2. The predicted molar refractivity (Wildman–Crippen MR) is 88.0 cm³/mol. The Hall–Kier alpha value is -0.940. The van der Waals surface area contributed by atoms with E-state index < -0.39 is 0 Å². The molecule has 7 heteroatoms. The number of anilines is 2. The van der Waals surface area contributed by atoms with Crippen molar-refractivity contribution in [3.63, 3.8) is 0 Å². The van der Waals surface area contributed by atoms with E-state index >= 15 is 0 Å². The van der Waals surface area contributed by atoms with E-state index in [1.54, 1.807) is 24.3 Å². The highest BCUT2D eigenvalue weighted by Gasteiger charge is 2.13. The molecule has 2 rings (SSSR count). The van der Waals surface area contributed by atoms with Crippen LogP contribution in [-0.2, 0) is 0 Å². The van der Waals surface area contributed by atoms with Gasteiger partial charge in [0.2, 0.25) is 0 Å². The van der Waals surface area contributed by atoms with Gasteiger partial charge in [-0.2, -0.15) is 0 Å². The van der Waals surface area contributed by atoms with Crippen molar-refractivity contribution < 1.29 is 4.79 Å². The number of halogens is 4. The molecule has 3 N–H and O–H groups in total. The van der Waals surface area contributed by atoms with Crippen LogP contribution in [-0.4, -0.2) is 5.91 Å². The Morgan fingerprint density at radius 3 is 2.20 bits per heavy atom. The van der Waals surface area contributed by atoms with Crippen molar-refractivity contribution in [3.05, 3.63) is 55.4 Å². The third-order valence-electron chi connectivity index (χ3n) is 2.50. The Bertz CT molecular complexity index is 668. The molecule has 0 radical (unpaired) electrons. The Kier molecular flexibility index (Phi) is 4.81. The normalized spacial score (nSPS) is 10.4. The minimum absolute atomic E-state index is 0.326. The van der Waals surface area contributed by atoms with Crippen molar-refractivity contribution in [2.45, 2.75) is 0 Å². The van der Waals surface area contributed by atoms with E-state index in [0.717, 1.165) is 4.47 Å². The van der Waals surface area contributed by atoms with Gasteiger partial charge in [-0.15, -0.1) is 0 Å². The van der Waals surface area contributed by atoms with Crippen molar-refractivity contribution >= 4 is 68.0 Å². The van der Waals surface area contributed by atoms with Crippen LogP contribution in [0.4, 0.5) is 11.4 Å². The minimum atomic E-state index is -0.375. The molecule has 2 aromatic carbocycles. The minimum Gasteiger partial charge on any atom is -0.398 e. The molecule has 0 atom stereocenters. The molecule has 0 aliphatic heterocycles. The van der Waals surface area contributed by atoms with Gasteiger partial charge in [0.25, 0.3) is 5.91 Å². The maximum Gasteiger partial charge on any atom is 0.255 e. The maximum atomic E-state index is 12.1. The molecular formula is C13H8BrCl3N2O. The maximum absolute atomic E-state index is 12.1. The van der Waals surface area contributed by atoms with Crippen molar-refractivity contribution in [1.29, 1.82) is 0 Å². The zero-order valence-corrected chi connectivity index (χ0v) is 13.7. The second-order valence-corrected chi connectivity index (χ2v) is 6.07. The lowest BCUT2D eigenvalue weighted by Crippen LogP contribution is -2.13. The number of hydrogen-bond donors (Lipinski definition) is 2. The molecular weight excluding hydrogens is 386 g/mol. The highest BCUT2D eigenvalue weighted by Crippen LogP contribution is 2.34. The summed E-state index contributed by atoms with van der Waals surface area (Å²) in [6.45, 7) is 0. The third kappa shape index (κ3) is 3.38. The molecule has 0 saturated carbocycles. The fraction of sp³-hybridized carbons (Fsp3) is 0. The molecule has 2 aromatic rings. The summed E-state index contributed by atoms with van der Waals surface area (Å²) >= 11 is 21.2. The Labute approximate surface area is 139 Å². The zero-order chi connectivity index (χ0) is 14.9. The number of carbonyl (C=O) groups is 1. The van der Waals surface area contributed by atoms with Gasteiger partial charge in [0, 0.05) is 10.0 Å². The first-order valence-electron chi connectivity index (χ1n) is 5.39. The molecule has 0 bridgehead atoms. The lowest BCUT2D eigenvalue weighted by molar-refractivity contribution is 0.102. The van der Waals surface area contributed by atoms with Crippen molar-refractivity contribution in [2.24, 2.45) is 0 Å². The molecule has 20 heavy (non-hydrogen) atoms. The molecule has 0 fully saturated rings. The summed E-state index contributed by atoms with van der Waals surface area (Å²) in [5.41, 5.74) is 6.69. The van der Waals surface area contributed by atoms with Crippen LogP contribution in [0.5, 0.6) is 0 Å². The lowest BCUT2D eigenvalue weighted by Gasteiger charge is -2.10. The van der Waals surface area contributed by atoms with Crippen LogP contribution in [0.2, 0.25) is 15.1 Å². The van der Waals surface area contributed by atoms with E-state index in [2.05, 4.69) is 21.2 Å². The van der Waals surface area contributed by atoms with E-state index in [-0.39, 0.29) is 5.91 Å². The molecule has 0 unspecified atom stereocenters. The third-order valence-corrected chi connectivity index (χ3v) is 3.90. The molecule has 0 aliphatic carbocycles. The predicted octanol–water partition coefficient (Wildman–Crippen LogP) is 5.24. The molecule has 0 saturated heterocycles. The summed E-state index contributed by atoms with van der Waals surface area (Å²) in [5, 5.41) is 3.70. The Morgan fingerprint density at radius 2 is 1.65 bits per heavy atom. The number of nitrogens with one attached hydrogen (secondary N) is 1. The number of carbonyl (C=O) groups excluding carboxylic acids is 1. The second-order valence-electron chi connectivity index (χ2n) is 3.93. The van der Waals surface area contributed by atoms with E-state index in [0.29, 0.717) is 32.0 Å². The number of rotatable bonds is 2. The highest BCUT2D eigenvalue weighted by molar-refractivity contribution is 9.10. The van der Waals surface area contributed by atoms with Crippen LogP contribution in [0, 0.1) is 0 Å². The van der Waals surface area contributed by atoms with Crippen LogP contribution >= 0.6 is 50.7 Å². The Balaban J connectivity index is 2.30. The molecule has 1 amide bonds. The van der Waals surface area contributed by atoms with Gasteiger partial charge < -0.3 is 11.1 Å². The summed E-state index contributed by atoms with van der Waals surface area (Å²) in [6, 6.07) is 7.88. The van der Waals surface area contributed by atoms with E-state index in [4.69, 9.17) is 40.5 Å². The van der Waals surface area contributed by atoms with Crippen LogP contribution in [0.1, 0.15) is 10.4 Å².